The smallest absolute Gasteiger partial charge is 0.416 e. The third-order valence-electron chi connectivity index (χ3n) is 3.05. The minimum absolute atomic E-state index is 0.211. The average molecular weight is 289 g/mol. The number of methoxy groups -OCH3 is 1. The largest absolute Gasteiger partial charge is 0.487 e. The van der Waals surface area contributed by atoms with Crippen LogP contribution in [0.3, 0.4) is 0 Å². The standard InChI is InChI=1S/C14H18F3NO2/c1-19-9-13(8-18-11-4-5-11)20-12-6-2-10(3-7-12)14(15,16)17/h2-3,6-7,11,13,18H,4-5,8-9H2,1H3. The molecule has 0 heterocycles. The molecule has 112 valence electrons. The molecule has 0 radical (unpaired) electrons. The molecule has 1 unspecified atom stereocenters. The summed E-state index contributed by atoms with van der Waals surface area (Å²) in [5, 5.41) is 3.31. The monoisotopic (exact) mass is 289 g/mol. The van der Waals surface area contributed by atoms with E-state index in [0.717, 1.165) is 12.1 Å². The third-order valence-corrected chi connectivity index (χ3v) is 3.05. The lowest BCUT2D eigenvalue weighted by Crippen LogP contribution is -2.35. The van der Waals surface area contributed by atoms with Crippen LogP contribution in [0.4, 0.5) is 13.2 Å². The first-order chi connectivity index (χ1) is 9.49. The van der Waals surface area contributed by atoms with Crippen molar-refractivity contribution in [3.63, 3.8) is 0 Å². The molecule has 1 N–H and O–H groups in total. The first kappa shape index (κ1) is 15.1. The summed E-state index contributed by atoms with van der Waals surface area (Å²) >= 11 is 0. The van der Waals surface area contributed by atoms with E-state index in [2.05, 4.69) is 5.32 Å². The van der Waals surface area contributed by atoms with Crippen molar-refractivity contribution in [3.05, 3.63) is 29.8 Å². The van der Waals surface area contributed by atoms with E-state index in [1.165, 1.54) is 25.0 Å². The number of rotatable bonds is 7. The van der Waals surface area contributed by atoms with Crippen LogP contribution in [-0.2, 0) is 10.9 Å². The summed E-state index contributed by atoms with van der Waals surface area (Å²) in [4.78, 5) is 0. The lowest BCUT2D eigenvalue weighted by atomic mass is 10.2. The summed E-state index contributed by atoms with van der Waals surface area (Å²) in [5.41, 5.74) is -0.677. The van der Waals surface area contributed by atoms with Crippen molar-refractivity contribution in [2.75, 3.05) is 20.3 Å². The van der Waals surface area contributed by atoms with Crippen molar-refractivity contribution in [2.24, 2.45) is 0 Å². The van der Waals surface area contributed by atoms with Gasteiger partial charge in [0.2, 0.25) is 0 Å². The Kier molecular flexibility index (Phi) is 4.88. The molecular formula is C14H18F3NO2. The minimum atomic E-state index is -4.32. The number of hydrogen-bond acceptors (Lipinski definition) is 3. The Labute approximate surface area is 116 Å². The van der Waals surface area contributed by atoms with Crippen LogP contribution >= 0.6 is 0 Å². The highest BCUT2D eigenvalue weighted by Crippen LogP contribution is 2.30. The maximum atomic E-state index is 12.4. The molecule has 0 bridgehead atoms. The Balaban J connectivity index is 1.91. The van der Waals surface area contributed by atoms with Gasteiger partial charge in [0.05, 0.1) is 12.2 Å². The first-order valence-corrected chi connectivity index (χ1v) is 6.55. The number of ether oxygens (including phenoxy) is 2. The Morgan fingerprint density at radius 3 is 2.40 bits per heavy atom. The molecule has 0 aromatic heterocycles. The molecule has 1 atom stereocenters. The first-order valence-electron chi connectivity index (χ1n) is 6.55. The van der Waals surface area contributed by atoms with Crippen LogP contribution in [0, 0.1) is 0 Å². The highest BCUT2D eigenvalue weighted by atomic mass is 19.4. The molecule has 1 aromatic carbocycles. The number of alkyl halides is 3. The van der Waals surface area contributed by atoms with Gasteiger partial charge in [0.15, 0.2) is 0 Å². The lowest BCUT2D eigenvalue weighted by Gasteiger charge is -2.19. The van der Waals surface area contributed by atoms with Gasteiger partial charge in [0, 0.05) is 19.7 Å². The zero-order valence-corrected chi connectivity index (χ0v) is 11.2. The molecular weight excluding hydrogens is 271 g/mol. The molecule has 0 saturated heterocycles. The van der Waals surface area contributed by atoms with Gasteiger partial charge in [0.1, 0.15) is 11.9 Å². The van der Waals surface area contributed by atoms with E-state index in [1.54, 1.807) is 7.11 Å². The maximum absolute atomic E-state index is 12.4. The zero-order valence-electron chi connectivity index (χ0n) is 11.2. The van der Waals surface area contributed by atoms with Gasteiger partial charge < -0.3 is 14.8 Å². The third kappa shape index (κ3) is 4.68. The molecule has 6 heteroatoms. The van der Waals surface area contributed by atoms with Crippen molar-refractivity contribution in [2.45, 2.75) is 31.2 Å². The van der Waals surface area contributed by atoms with Crippen molar-refractivity contribution in [3.8, 4) is 5.75 Å². The van der Waals surface area contributed by atoms with Crippen molar-refractivity contribution < 1.29 is 22.6 Å². The number of hydrogen-bond donors (Lipinski definition) is 1. The second-order valence-electron chi connectivity index (χ2n) is 4.90. The number of halogens is 3. The zero-order chi connectivity index (χ0) is 14.6. The van der Waals surface area contributed by atoms with E-state index in [4.69, 9.17) is 9.47 Å². The summed E-state index contributed by atoms with van der Waals surface area (Å²) in [5.74, 6) is 0.414. The van der Waals surface area contributed by atoms with E-state index >= 15 is 0 Å². The average Bonchev–Trinajstić information content (AvgIpc) is 3.20. The molecule has 1 aliphatic carbocycles. The van der Waals surface area contributed by atoms with Crippen molar-refractivity contribution in [1.82, 2.24) is 5.32 Å². The van der Waals surface area contributed by atoms with Crippen molar-refractivity contribution >= 4 is 0 Å². The number of nitrogens with one attached hydrogen (secondary N) is 1. The second kappa shape index (κ2) is 6.45. The molecule has 0 aliphatic heterocycles. The van der Waals surface area contributed by atoms with E-state index in [9.17, 15) is 13.2 Å². The minimum Gasteiger partial charge on any atom is -0.487 e. The van der Waals surface area contributed by atoms with E-state index in [1.807, 2.05) is 0 Å². The summed E-state index contributed by atoms with van der Waals surface area (Å²) in [6.45, 7) is 1.01. The maximum Gasteiger partial charge on any atom is 0.416 e. The van der Waals surface area contributed by atoms with Crippen LogP contribution in [-0.4, -0.2) is 32.4 Å². The van der Waals surface area contributed by atoms with Crippen LogP contribution in [0.15, 0.2) is 24.3 Å². The van der Waals surface area contributed by atoms with E-state index in [0.29, 0.717) is 24.9 Å². The van der Waals surface area contributed by atoms with Crippen molar-refractivity contribution in [1.29, 1.82) is 0 Å². The fraction of sp³-hybridized carbons (Fsp3) is 0.571. The van der Waals surface area contributed by atoms with Gasteiger partial charge in [-0.2, -0.15) is 13.2 Å². The predicted octanol–water partition coefficient (Wildman–Crippen LogP) is 2.85. The molecule has 0 amide bonds. The number of benzene rings is 1. The Morgan fingerprint density at radius 1 is 1.25 bits per heavy atom. The second-order valence-corrected chi connectivity index (χ2v) is 4.90. The fourth-order valence-corrected chi connectivity index (χ4v) is 1.82. The Bertz CT molecular complexity index is 415. The highest BCUT2D eigenvalue weighted by molar-refractivity contribution is 5.29. The Morgan fingerprint density at radius 2 is 1.90 bits per heavy atom. The fourth-order valence-electron chi connectivity index (χ4n) is 1.82. The molecule has 1 aromatic rings. The quantitative estimate of drug-likeness (QED) is 0.837. The van der Waals surface area contributed by atoms with Gasteiger partial charge in [-0.3, -0.25) is 0 Å². The molecule has 20 heavy (non-hydrogen) atoms. The Hall–Kier alpha value is -1.27. The normalized spacial score (nSPS) is 17.0. The van der Waals surface area contributed by atoms with Gasteiger partial charge >= 0.3 is 6.18 Å². The van der Waals surface area contributed by atoms with Gasteiger partial charge in [-0.05, 0) is 37.1 Å². The lowest BCUT2D eigenvalue weighted by molar-refractivity contribution is -0.137. The molecule has 0 spiro atoms. The van der Waals surface area contributed by atoms with Crippen LogP contribution in [0.25, 0.3) is 0 Å². The molecule has 1 fully saturated rings. The van der Waals surface area contributed by atoms with Crippen LogP contribution in [0.1, 0.15) is 18.4 Å². The topological polar surface area (TPSA) is 30.5 Å². The summed E-state index contributed by atoms with van der Waals surface area (Å²) in [6.07, 6.45) is -2.20. The van der Waals surface area contributed by atoms with Gasteiger partial charge in [0.25, 0.3) is 0 Å². The highest BCUT2D eigenvalue weighted by Gasteiger charge is 2.30. The van der Waals surface area contributed by atoms with E-state index in [-0.39, 0.29) is 6.10 Å². The molecule has 2 rings (SSSR count). The van der Waals surface area contributed by atoms with Crippen LogP contribution < -0.4 is 10.1 Å². The van der Waals surface area contributed by atoms with Gasteiger partial charge in [-0.15, -0.1) is 0 Å². The van der Waals surface area contributed by atoms with Gasteiger partial charge in [-0.25, -0.2) is 0 Å². The molecule has 1 aliphatic rings. The van der Waals surface area contributed by atoms with Crippen LogP contribution in [0.2, 0.25) is 0 Å². The summed E-state index contributed by atoms with van der Waals surface area (Å²) in [7, 11) is 1.57. The SMILES string of the molecule is COCC(CNC1CC1)Oc1ccc(C(F)(F)F)cc1. The molecule has 1 saturated carbocycles. The summed E-state index contributed by atoms with van der Waals surface area (Å²) in [6, 6.07) is 5.26. The van der Waals surface area contributed by atoms with Gasteiger partial charge in [-0.1, -0.05) is 0 Å². The van der Waals surface area contributed by atoms with Crippen LogP contribution in [0.5, 0.6) is 5.75 Å². The summed E-state index contributed by atoms with van der Waals surface area (Å²) < 4.78 is 48.1. The molecule has 3 nitrogen and oxygen atoms in total. The van der Waals surface area contributed by atoms with E-state index < -0.39 is 11.7 Å². The predicted molar refractivity (Wildman–Crippen MR) is 68.8 cm³/mol.